The van der Waals surface area contributed by atoms with Gasteiger partial charge in [0.1, 0.15) is 0 Å². The van der Waals surface area contributed by atoms with Crippen molar-refractivity contribution in [2.24, 2.45) is 11.8 Å². The maximum absolute atomic E-state index is 11.6. The molecule has 7 heteroatoms. The molecule has 1 heterocycles. The van der Waals surface area contributed by atoms with Crippen LogP contribution in [-0.2, 0) is 4.79 Å². The van der Waals surface area contributed by atoms with E-state index < -0.39 is 5.97 Å². The Kier molecular flexibility index (Phi) is 4.73. The average molecular weight is 283 g/mol. The van der Waals surface area contributed by atoms with E-state index in [2.05, 4.69) is 15.6 Å². The predicted octanol–water partition coefficient (Wildman–Crippen LogP) is 2.16. The van der Waals surface area contributed by atoms with Gasteiger partial charge in [0, 0.05) is 18.1 Å². The highest BCUT2D eigenvalue weighted by molar-refractivity contribution is 7.13. The first-order chi connectivity index (χ1) is 9.15. The molecule has 0 aromatic carbocycles. The molecule has 104 valence electrons. The quantitative estimate of drug-likeness (QED) is 0.789. The molecule has 3 N–H and O–H groups in total. The Morgan fingerprint density at radius 2 is 2.11 bits per heavy atom. The molecule has 1 aliphatic rings. The third kappa shape index (κ3) is 4.20. The molecule has 6 nitrogen and oxygen atoms in total. The lowest BCUT2D eigenvalue weighted by Gasteiger charge is -2.26. The number of hydrogen-bond donors (Lipinski definition) is 3. The molecule has 0 radical (unpaired) electrons. The first-order valence-corrected chi connectivity index (χ1v) is 7.20. The van der Waals surface area contributed by atoms with Gasteiger partial charge in [-0.25, -0.2) is 9.78 Å². The minimum atomic E-state index is -0.701. The largest absolute Gasteiger partial charge is 0.481 e. The molecule has 0 atom stereocenters. The van der Waals surface area contributed by atoms with Crippen LogP contribution in [0.2, 0.25) is 0 Å². The topological polar surface area (TPSA) is 91.3 Å². The van der Waals surface area contributed by atoms with Gasteiger partial charge in [-0.3, -0.25) is 10.1 Å². The van der Waals surface area contributed by atoms with Crippen molar-refractivity contribution in [2.45, 2.75) is 25.7 Å². The van der Waals surface area contributed by atoms with Crippen molar-refractivity contribution in [3.63, 3.8) is 0 Å². The Morgan fingerprint density at radius 3 is 2.68 bits per heavy atom. The molecule has 0 aliphatic heterocycles. The molecule has 1 aromatic heterocycles. The van der Waals surface area contributed by atoms with Gasteiger partial charge in [0.25, 0.3) is 0 Å². The van der Waals surface area contributed by atoms with E-state index in [0.717, 1.165) is 12.8 Å². The maximum Gasteiger partial charge on any atom is 0.321 e. The maximum atomic E-state index is 11.6. The smallest absolute Gasteiger partial charge is 0.321 e. The predicted molar refractivity (Wildman–Crippen MR) is 72.2 cm³/mol. The van der Waals surface area contributed by atoms with E-state index in [4.69, 9.17) is 5.11 Å². The second-order valence-corrected chi connectivity index (χ2v) is 5.62. The van der Waals surface area contributed by atoms with Crippen molar-refractivity contribution in [2.75, 3.05) is 11.9 Å². The summed E-state index contributed by atoms with van der Waals surface area (Å²) in [5.74, 6) is -0.536. The third-order valence-electron chi connectivity index (χ3n) is 3.40. The van der Waals surface area contributed by atoms with Gasteiger partial charge in [-0.1, -0.05) is 0 Å². The minimum absolute atomic E-state index is 0.208. The number of carbonyl (C=O) groups is 2. The summed E-state index contributed by atoms with van der Waals surface area (Å²) in [6.45, 7) is 0.587. The molecule has 2 amide bonds. The molecule has 1 aliphatic carbocycles. The number of thiazole rings is 1. The Balaban J connectivity index is 1.66. The summed E-state index contributed by atoms with van der Waals surface area (Å²) in [7, 11) is 0. The Labute approximate surface area is 115 Å². The average Bonchev–Trinajstić information content (AvgIpc) is 2.89. The van der Waals surface area contributed by atoms with Crippen LogP contribution in [0.25, 0.3) is 0 Å². The zero-order chi connectivity index (χ0) is 13.7. The number of rotatable bonds is 4. The van der Waals surface area contributed by atoms with E-state index in [0.29, 0.717) is 30.4 Å². The summed E-state index contributed by atoms with van der Waals surface area (Å²) in [6, 6.07) is -0.254. The number of aromatic nitrogens is 1. The van der Waals surface area contributed by atoms with Crippen LogP contribution in [-0.4, -0.2) is 28.6 Å². The standard InChI is InChI=1S/C12H17N3O3S/c16-10(17)9-3-1-8(2-4-9)7-14-11(18)15-12-13-5-6-19-12/h5-6,8-9H,1-4,7H2,(H,16,17)(H2,13,14,15,18). The Hall–Kier alpha value is -1.63. The van der Waals surface area contributed by atoms with Crippen LogP contribution in [0.5, 0.6) is 0 Å². The van der Waals surface area contributed by atoms with Crippen molar-refractivity contribution in [3.05, 3.63) is 11.6 Å². The number of nitrogens with one attached hydrogen (secondary N) is 2. The van der Waals surface area contributed by atoms with Crippen LogP contribution in [0, 0.1) is 11.8 Å². The first kappa shape index (κ1) is 13.8. The van der Waals surface area contributed by atoms with Gasteiger partial charge in [-0.05, 0) is 31.6 Å². The molecule has 1 saturated carbocycles. The zero-order valence-electron chi connectivity index (χ0n) is 10.5. The van der Waals surface area contributed by atoms with Gasteiger partial charge in [0.15, 0.2) is 5.13 Å². The third-order valence-corrected chi connectivity index (χ3v) is 4.09. The van der Waals surface area contributed by atoms with E-state index in [1.165, 1.54) is 11.3 Å². The lowest BCUT2D eigenvalue weighted by atomic mass is 9.82. The molecule has 19 heavy (non-hydrogen) atoms. The normalized spacial score (nSPS) is 22.7. The lowest BCUT2D eigenvalue weighted by molar-refractivity contribution is -0.143. The number of amides is 2. The second-order valence-electron chi connectivity index (χ2n) is 4.73. The fourth-order valence-corrected chi connectivity index (χ4v) is 2.80. The zero-order valence-corrected chi connectivity index (χ0v) is 11.3. The molecule has 0 bridgehead atoms. The van der Waals surface area contributed by atoms with Crippen molar-refractivity contribution < 1.29 is 14.7 Å². The SMILES string of the molecule is O=C(NCC1CCC(C(=O)O)CC1)Nc1nccs1. The summed E-state index contributed by atoms with van der Waals surface area (Å²) in [5.41, 5.74) is 0. The highest BCUT2D eigenvalue weighted by Gasteiger charge is 2.25. The van der Waals surface area contributed by atoms with Crippen molar-refractivity contribution in [1.29, 1.82) is 0 Å². The highest BCUT2D eigenvalue weighted by Crippen LogP contribution is 2.28. The molecule has 2 rings (SSSR count). The fourth-order valence-electron chi connectivity index (χ4n) is 2.28. The summed E-state index contributed by atoms with van der Waals surface area (Å²) >= 11 is 1.37. The molecule has 0 saturated heterocycles. The minimum Gasteiger partial charge on any atom is -0.481 e. The number of carboxylic acid groups (broad SMARTS) is 1. The number of urea groups is 1. The summed E-state index contributed by atoms with van der Waals surface area (Å²) in [6.07, 6.45) is 4.75. The molecule has 0 spiro atoms. The van der Waals surface area contributed by atoms with Gasteiger partial charge < -0.3 is 10.4 Å². The molecular formula is C12H17N3O3S. The Bertz CT molecular complexity index is 427. The van der Waals surface area contributed by atoms with E-state index in [9.17, 15) is 9.59 Å². The van der Waals surface area contributed by atoms with Crippen LogP contribution in [0.15, 0.2) is 11.6 Å². The molecule has 1 aromatic rings. The number of carboxylic acids is 1. The lowest BCUT2D eigenvalue weighted by Crippen LogP contribution is -2.35. The fraction of sp³-hybridized carbons (Fsp3) is 0.583. The van der Waals surface area contributed by atoms with Gasteiger partial charge in [-0.15, -0.1) is 11.3 Å². The number of anilines is 1. The molecule has 1 fully saturated rings. The summed E-state index contributed by atoms with van der Waals surface area (Å²) in [4.78, 5) is 26.4. The number of aliphatic carboxylic acids is 1. The summed E-state index contributed by atoms with van der Waals surface area (Å²) < 4.78 is 0. The Morgan fingerprint density at radius 1 is 1.37 bits per heavy atom. The van der Waals surface area contributed by atoms with E-state index in [1.807, 2.05) is 0 Å². The number of hydrogen-bond acceptors (Lipinski definition) is 4. The molecular weight excluding hydrogens is 266 g/mol. The monoisotopic (exact) mass is 283 g/mol. The summed E-state index contributed by atoms with van der Waals surface area (Å²) in [5, 5.41) is 16.7. The van der Waals surface area contributed by atoms with Crippen molar-refractivity contribution >= 4 is 28.5 Å². The van der Waals surface area contributed by atoms with Crippen LogP contribution < -0.4 is 10.6 Å². The van der Waals surface area contributed by atoms with E-state index in [-0.39, 0.29) is 11.9 Å². The van der Waals surface area contributed by atoms with Gasteiger partial charge in [-0.2, -0.15) is 0 Å². The molecule has 0 unspecified atom stereocenters. The highest BCUT2D eigenvalue weighted by atomic mass is 32.1. The van der Waals surface area contributed by atoms with Crippen molar-refractivity contribution in [3.8, 4) is 0 Å². The van der Waals surface area contributed by atoms with E-state index in [1.54, 1.807) is 11.6 Å². The van der Waals surface area contributed by atoms with Crippen LogP contribution in [0.1, 0.15) is 25.7 Å². The van der Waals surface area contributed by atoms with Gasteiger partial charge in [0.2, 0.25) is 0 Å². The van der Waals surface area contributed by atoms with Crippen LogP contribution >= 0.6 is 11.3 Å². The first-order valence-electron chi connectivity index (χ1n) is 6.32. The van der Waals surface area contributed by atoms with Crippen LogP contribution in [0.3, 0.4) is 0 Å². The van der Waals surface area contributed by atoms with Crippen LogP contribution in [0.4, 0.5) is 9.93 Å². The van der Waals surface area contributed by atoms with E-state index >= 15 is 0 Å². The van der Waals surface area contributed by atoms with Crippen molar-refractivity contribution in [1.82, 2.24) is 10.3 Å². The second kappa shape index (κ2) is 6.51. The van der Waals surface area contributed by atoms with Gasteiger partial charge in [0.05, 0.1) is 5.92 Å². The van der Waals surface area contributed by atoms with Gasteiger partial charge >= 0.3 is 12.0 Å². The number of nitrogens with zero attached hydrogens (tertiary/aromatic N) is 1. The number of carbonyl (C=O) groups excluding carboxylic acids is 1.